The maximum Gasteiger partial charge on any atom is 0.335 e. The van der Waals surface area contributed by atoms with Crippen LogP contribution in [0.25, 0.3) is 0 Å². The molecule has 2 unspecified atom stereocenters. The summed E-state index contributed by atoms with van der Waals surface area (Å²) in [6.45, 7) is -0.271. The van der Waals surface area contributed by atoms with Crippen molar-refractivity contribution in [3.63, 3.8) is 0 Å². The van der Waals surface area contributed by atoms with E-state index in [1.54, 1.807) is 0 Å². The molecular weight excluding hydrogens is 321 g/mol. The second kappa shape index (κ2) is 5.26. The Labute approximate surface area is 117 Å². The Morgan fingerprint density at radius 1 is 1.58 bits per heavy atom. The predicted octanol–water partition coefficient (Wildman–Crippen LogP) is 1.57. The highest BCUT2D eigenvalue weighted by Crippen LogP contribution is 2.31. The van der Waals surface area contributed by atoms with Crippen LogP contribution in [0.4, 0.5) is 4.39 Å². The standard InChI is InChI=1S/C12H11BrFNO4/c1-15-9(16)5-19-11(12(17)18)10(15)6-2-3-8(14)7(13)4-6/h2-4,10-11H,5H2,1H3,(H,17,18). The number of aliphatic carboxylic acids is 1. The van der Waals surface area contributed by atoms with Crippen molar-refractivity contribution in [2.24, 2.45) is 0 Å². The van der Waals surface area contributed by atoms with Gasteiger partial charge >= 0.3 is 5.97 Å². The fourth-order valence-electron chi connectivity index (χ4n) is 2.01. The molecule has 0 radical (unpaired) electrons. The predicted molar refractivity (Wildman–Crippen MR) is 67.0 cm³/mol. The molecule has 0 spiro atoms. The molecule has 1 aromatic rings. The average Bonchev–Trinajstić information content (AvgIpc) is 2.35. The fourth-order valence-corrected chi connectivity index (χ4v) is 2.41. The summed E-state index contributed by atoms with van der Waals surface area (Å²) in [7, 11) is 1.50. The van der Waals surface area contributed by atoms with Gasteiger partial charge in [-0.2, -0.15) is 0 Å². The van der Waals surface area contributed by atoms with Crippen LogP contribution in [-0.4, -0.2) is 41.6 Å². The van der Waals surface area contributed by atoms with Crippen molar-refractivity contribution >= 4 is 27.8 Å². The van der Waals surface area contributed by atoms with Gasteiger partial charge in [-0.15, -0.1) is 0 Å². The van der Waals surface area contributed by atoms with Crippen LogP contribution in [0.1, 0.15) is 11.6 Å². The summed E-state index contributed by atoms with van der Waals surface area (Å²) < 4.78 is 18.5. The van der Waals surface area contributed by atoms with E-state index in [1.165, 1.54) is 30.1 Å². The van der Waals surface area contributed by atoms with Gasteiger partial charge in [-0.05, 0) is 33.6 Å². The Bertz CT molecular complexity index is 536. The van der Waals surface area contributed by atoms with E-state index in [9.17, 15) is 14.0 Å². The zero-order valence-corrected chi connectivity index (χ0v) is 11.6. The number of halogens is 2. The van der Waals surface area contributed by atoms with Crippen molar-refractivity contribution in [1.29, 1.82) is 0 Å². The zero-order chi connectivity index (χ0) is 14.2. The Kier molecular flexibility index (Phi) is 3.86. The van der Waals surface area contributed by atoms with Gasteiger partial charge in [-0.25, -0.2) is 9.18 Å². The Hall–Kier alpha value is -1.47. The van der Waals surface area contributed by atoms with Crippen LogP contribution in [0, 0.1) is 5.82 Å². The van der Waals surface area contributed by atoms with Crippen molar-refractivity contribution < 1.29 is 23.8 Å². The molecule has 1 heterocycles. The third-order valence-electron chi connectivity index (χ3n) is 3.01. The largest absolute Gasteiger partial charge is 0.479 e. The first kappa shape index (κ1) is 14.0. The molecule has 7 heteroatoms. The molecule has 2 rings (SSSR count). The third kappa shape index (κ3) is 2.62. The topological polar surface area (TPSA) is 66.8 Å². The number of carbonyl (C=O) groups excluding carboxylic acids is 1. The van der Waals surface area contributed by atoms with Gasteiger partial charge in [0.1, 0.15) is 12.4 Å². The van der Waals surface area contributed by atoms with E-state index in [-0.39, 0.29) is 17.0 Å². The van der Waals surface area contributed by atoms with E-state index in [1.807, 2.05) is 0 Å². The molecule has 1 aliphatic rings. The number of morpholine rings is 1. The van der Waals surface area contributed by atoms with Gasteiger partial charge in [0, 0.05) is 7.05 Å². The lowest BCUT2D eigenvalue weighted by Crippen LogP contribution is -2.50. The van der Waals surface area contributed by atoms with Crippen LogP contribution < -0.4 is 0 Å². The first-order valence-corrected chi connectivity index (χ1v) is 6.26. The van der Waals surface area contributed by atoms with Crippen molar-refractivity contribution in [2.45, 2.75) is 12.1 Å². The number of benzene rings is 1. The van der Waals surface area contributed by atoms with Gasteiger partial charge in [0.15, 0.2) is 6.10 Å². The van der Waals surface area contributed by atoms with Gasteiger partial charge in [0.2, 0.25) is 5.91 Å². The van der Waals surface area contributed by atoms with Gasteiger partial charge in [-0.1, -0.05) is 6.07 Å². The summed E-state index contributed by atoms with van der Waals surface area (Å²) in [6, 6.07) is 3.33. The van der Waals surface area contributed by atoms with E-state index >= 15 is 0 Å². The van der Waals surface area contributed by atoms with Crippen LogP contribution in [-0.2, 0) is 14.3 Å². The van der Waals surface area contributed by atoms with Crippen molar-refractivity contribution in [3.8, 4) is 0 Å². The molecule has 1 saturated heterocycles. The lowest BCUT2D eigenvalue weighted by molar-refractivity contribution is -0.171. The number of carboxylic acids is 1. The maximum absolute atomic E-state index is 13.2. The summed E-state index contributed by atoms with van der Waals surface area (Å²) in [5, 5.41) is 9.15. The van der Waals surface area contributed by atoms with Crippen molar-refractivity contribution in [2.75, 3.05) is 13.7 Å². The monoisotopic (exact) mass is 331 g/mol. The number of ether oxygens (including phenoxy) is 1. The second-order valence-electron chi connectivity index (χ2n) is 4.19. The van der Waals surface area contributed by atoms with E-state index in [4.69, 9.17) is 9.84 Å². The number of hydrogen-bond acceptors (Lipinski definition) is 3. The van der Waals surface area contributed by atoms with Crippen molar-refractivity contribution in [3.05, 3.63) is 34.1 Å². The Balaban J connectivity index is 2.43. The first-order valence-electron chi connectivity index (χ1n) is 5.47. The van der Waals surface area contributed by atoms with E-state index in [0.717, 1.165) is 0 Å². The highest BCUT2D eigenvalue weighted by atomic mass is 79.9. The number of carboxylic acid groups (broad SMARTS) is 1. The summed E-state index contributed by atoms with van der Waals surface area (Å²) in [4.78, 5) is 24.1. The quantitative estimate of drug-likeness (QED) is 0.893. The van der Waals surface area contributed by atoms with Crippen molar-refractivity contribution in [1.82, 2.24) is 4.90 Å². The lowest BCUT2D eigenvalue weighted by atomic mass is 9.98. The third-order valence-corrected chi connectivity index (χ3v) is 3.62. The minimum atomic E-state index is -1.17. The zero-order valence-electron chi connectivity index (χ0n) is 9.97. The number of amides is 1. The van der Waals surface area contributed by atoms with Gasteiger partial charge in [-0.3, -0.25) is 4.79 Å². The van der Waals surface area contributed by atoms with E-state index in [0.29, 0.717) is 5.56 Å². The van der Waals surface area contributed by atoms with Crippen LogP contribution in [0.2, 0.25) is 0 Å². The molecule has 1 N–H and O–H groups in total. The first-order chi connectivity index (χ1) is 8.91. The smallest absolute Gasteiger partial charge is 0.335 e. The highest BCUT2D eigenvalue weighted by Gasteiger charge is 2.40. The normalized spacial score (nSPS) is 23.5. The number of rotatable bonds is 2. The molecule has 2 atom stereocenters. The van der Waals surface area contributed by atoms with Gasteiger partial charge < -0.3 is 14.7 Å². The Morgan fingerprint density at radius 3 is 2.84 bits per heavy atom. The van der Waals surface area contributed by atoms with Crippen LogP contribution >= 0.6 is 15.9 Å². The number of nitrogens with zero attached hydrogens (tertiary/aromatic N) is 1. The summed E-state index contributed by atoms with van der Waals surface area (Å²) >= 11 is 3.04. The second-order valence-corrected chi connectivity index (χ2v) is 5.05. The molecule has 1 aliphatic heterocycles. The summed E-state index contributed by atoms with van der Waals surface area (Å²) in [5.74, 6) is -1.94. The average molecular weight is 332 g/mol. The fraction of sp³-hybridized carbons (Fsp3) is 0.333. The number of hydrogen-bond donors (Lipinski definition) is 1. The number of likely N-dealkylation sites (N-methyl/N-ethyl adjacent to an activating group) is 1. The molecule has 5 nitrogen and oxygen atoms in total. The van der Waals surface area contributed by atoms with Gasteiger partial charge in [0.05, 0.1) is 10.5 Å². The van der Waals surface area contributed by atoms with Gasteiger partial charge in [0.25, 0.3) is 0 Å². The summed E-state index contributed by atoms with van der Waals surface area (Å²) in [6.07, 6.45) is -1.17. The van der Waals surface area contributed by atoms with Crippen LogP contribution in [0.15, 0.2) is 22.7 Å². The number of carbonyl (C=O) groups is 2. The summed E-state index contributed by atoms with van der Waals surface area (Å²) in [5.41, 5.74) is 0.497. The molecule has 0 aromatic heterocycles. The lowest BCUT2D eigenvalue weighted by Gasteiger charge is -2.37. The highest BCUT2D eigenvalue weighted by molar-refractivity contribution is 9.10. The molecular formula is C12H11BrFNO4. The molecule has 0 aliphatic carbocycles. The molecule has 0 saturated carbocycles. The van der Waals surface area contributed by atoms with Crippen LogP contribution in [0.5, 0.6) is 0 Å². The maximum atomic E-state index is 13.2. The Morgan fingerprint density at radius 2 is 2.26 bits per heavy atom. The molecule has 1 aromatic carbocycles. The minimum Gasteiger partial charge on any atom is -0.479 e. The molecule has 1 fully saturated rings. The molecule has 102 valence electrons. The van der Waals surface area contributed by atoms with E-state index in [2.05, 4.69) is 15.9 Å². The minimum absolute atomic E-state index is 0.209. The molecule has 1 amide bonds. The molecule has 19 heavy (non-hydrogen) atoms. The van der Waals surface area contributed by atoms with E-state index < -0.39 is 23.9 Å². The van der Waals surface area contributed by atoms with Crippen LogP contribution in [0.3, 0.4) is 0 Å². The SMILES string of the molecule is CN1C(=O)COC(C(=O)O)C1c1ccc(F)c(Br)c1. The molecule has 0 bridgehead atoms.